The minimum absolute atomic E-state index is 0.0757. The standard InChI is InChI=1S/C13H19BrF2N2/c1-13(2,7-17)8-18(3)6-9-11(15)5-4-10(14)12(9)16/h4-5H,6-8,17H2,1-3H3. The Hall–Kier alpha value is -0.520. The maximum Gasteiger partial charge on any atom is 0.144 e. The number of hydrogen-bond acceptors (Lipinski definition) is 2. The zero-order chi connectivity index (χ0) is 13.9. The van der Waals surface area contributed by atoms with E-state index in [0.717, 1.165) is 0 Å². The van der Waals surface area contributed by atoms with Gasteiger partial charge >= 0.3 is 0 Å². The molecule has 0 radical (unpaired) electrons. The van der Waals surface area contributed by atoms with Crippen LogP contribution in [0.3, 0.4) is 0 Å². The van der Waals surface area contributed by atoms with E-state index in [1.807, 2.05) is 25.8 Å². The molecule has 0 unspecified atom stereocenters. The molecule has 0 spiro atoms. The van der Waals surface area contributed by atoms with E-state index in [0.29, 0.717) is 13.1 Å². The van der Waals surface area contributed by atoms with Gasteiger partial charge in [-0.1, -0.05) is 13.8 Å². The highest BCUT2D eigenvalue weighted by molar-refractivity contribution is 9.10. The molecule has 0 bridgehead atoms. The van der Waals surface area contributed by atoms with Crippen LogP contribution in [0.4, 0.5) is 8.78 Å². The summed E-state index contributed by atoms with van der Waals surface area (Å²) in [5.41, 5.74) is 5.66. The number of hydrogen-bond donors (Lipinski definition) is 1. The van der Waals surface area contributed by atoms with Crippen molar-refractivity contribution in [3.8, 4) is 0 Å². The summed E-state index contributed by atoms with van der Waals surface area (Å²) in [6.45, 7) is 5.48. The molecule has 0 saturated carbocycles. The van der Waals surface area contributed by atoms with Crippen molar-refractivity contribution in [2.45, 2.75) is 20.4 Å². The van der Waals surface area contributed by atoms with Crippen molar-refractivity contribution in [3.63, 3.8) is 0 Å². The predicted molar refractivity (Wildman–Crippen MR) is 73.2 cm³/mol. The summed E-state index contributed by atoms with van der Waals surface area (Å²) >= 11 is 3.07. The van der Waals surface area contributed by atoms with Gasteiger partial charge in [0.05, 0.1) is 4.47 Å². The fourth-order valence-electron chi connectivity index (χ4n) is 1.84. The van der Waals surface area contributed by atoms with Gasteiger partial charge in [-0.15, -0.1) is 0 Å². The third-order valence-electron chi connectivity index (χ3n) is 2.82. The lowest BCUT2D eigenvalue weighted by molar-refractivity contribution is 0.206. The van der Waals surface area contributed by atoms with Gasteiger partial charge in [-0.05, 0) is 47.1 Å². The second-order valence-electron chi connectivity index (χ2n) is 5.36. The van der Waals surface area contributed by atoms with Gasteiger partial charge in [-0.3, -0.25) is 0 Å². The summed E-state index contributed by atoms with van der Waals surface area (Å²) < 4.78 is 27.7. The molecule has 18 heavy (non-hydrogen) atoms. The quantitative estimate of drug-likeness (QED) is 0.844. The molecular weight excluding hydrogens is 302 g/mol. The first kappa shape index (κ1) is 15.5. The van der Waals surface area contributed by atoms with Crippen LogP contribution in [0.1, 0.15) is 19.4 Å². The fourth-order valence-corrected chi connectivity index (χ4v) is 2.21. The van der Waals surface area contributed by atoms with Crippen LogP contribution in [-0.2, 0) is 6.54 Å². The van der Waals surface area contributed by atoms with Gasteiger partial charge in [-0.2, -0.15) is 0 Å². The number of benzene rings is 1. The summed E-state index contributed by atoms with van der Waals surface area (Å²) in [4.78, 5) is 1.88. The van der Waals surface area contributed by atoms with Gasteiger partial charge in [0.25, 0.3) is 0 Å². The fraction of sp³-hybridized carbons (Fsp3) is 0.538. The molecule has 0 fully saturated rings. The molecule has 0 aliphatic heterocycles. The lowest BCUT2D eigenvalue weighted by Crippen LogP contribution is -2.36. The third-order valence-corrected chi connectivity index (χ3v) is 3.43. The second kappa shape index (κ2) is 6.08. The molecular formula is C13H19BrF2N2. The molecule has 1 aromatic carbocycles. The van der Waals surface area contributed by atoms with Crippen LogP contribution in [-0.4, -0.2) is 25.0 Å². The zero-order valence-corrected chi connectivity index (χ0v) is 12.5. The maximum atomic E-state index is 13.8. The van der Waals surface area contributed by atoms with Crippen LogP contribution in [0.5, 0.6) is 0 Å². The Bertz CT molecular complexity index is 422. The summed E-state index contributed by atoms with van der Waals surface area (Å²) in [6, 6.07) is 2.64. The highest BCUT2D eigenvalue weighted by atomic mass is 79.9. The monoisotopic (exact) mass is 320 g/mol. The largest absolute Gasteiger partial charge is 0.330 e. The van der Waals surface area contributed by atoms with E-state index in [9.17, 15) is 8.78 Å². The number of rotatable bonds is 5. The van der Waals surface area contributed by atoms with E-state index >= 15 is 0 Å². The molecule has 2 nitrogen and oxygen atoms in total. The van der Waals surface area contributed by atoms with Crippen LogP contribution < -0.4 is 5.73 Å². The van der Waals surface area contributed by atoms with Crippen LogP contribution in [0, 0.1) is 17.0 Å². The van der Waals surface area contributed by atoms with Crippen LogP contribution in [0.2, 0.25) is 0 Å². The minimum atomic E-state index is -0.535. The lowest BCUT2D eigenvalue weighted by Gasteiger charge is -2.29. The van der Waals surface area contributed by atoms with Crippen LogP contribution in [0.25, 0.3) is 0 Å². The Balaban J connectivity index is 2.82. The van der Waals surface area contributed by atoms with Gasteiger partial charge in [-0.25, -0.2) is 8.78 Å². The first-order valence-corrected chi connectivity index (χ1v) is 6.57. The average Bonchev–Trinajstić information content (AvgIpc) is 2.29. The third kappa shape index (κ3) is 4.00. The SMILES string of the molecule is CN(Cc1c(F)ccc(Br)c1F)CC(C)(C)CN. The van der Waals surface area contributed by atoms with Gasteiger partial charge < -0.3 is 10.6 Å². The van der Waals surface area contributed by atoms with Gasteiger partial charge in [0.15, 0.2) is 0 Å². The molecule has 1 rings (SSSR count). The van der Waals surface area contributed by atoms with E-state index in [-0.39, 0.29) is 22.0 Å². The van der Waals surface area contributed by atoms with E-state index in [4.69, 9.17) is 5.73 Å². The summed E-state index contributed by atoms with van der Waals surface area (Å²) in [5.74, 6) is -1.06. The number of nitrogens with zero attached hydrogens (tertiary/aromatic N) is 1. The van der Waals surface area contributed by atoms with Crippen molar-refractivity contribution in [1.82, 2.24) is 4.90 Å². The van der Waals surface area contributed by atoms with E-state index < -0.39 is 11.6 Å². The van der Waals surface area contributed by atoms with Crippen molar-refractivity contribution in [1.29, 1.82) is 0 Å². The molecule has 2 N–H and O–H groups in total. The number of halogens is 3. The molecule has 0 amide bonds. The van der Waals surface area contributed by atoms with Gasteiger partial charge in [0, 0.05) is 18.7 Å². The Kier molecular flexibility index (Phi) is 5.25. The first-order chi connectivity index (χ1) is 8.26. The van der Waals surface area contributed by atoms with E-state index in [2.05, 4.69) is 15.9 Å². The topological polar surface area (TPSA) is 29.3 Å². The number of nitrogens with two attached hydrogens (primary N) is 1. The first-order valence-electron chi connectivity index (χ1n) is 5.78. The molecule has 0 aliphatic rings. The van der Waals surface area contributed by atoms with Crippen molar-refractivity contribution < 1.29 is 8.78 Å². The minimum Gasteiger partial charge on any atom is -0.330 e. The summed E-state index contributed by atoms with van der Waals surface area (Å²) in [5, 5.41) is 0. The molecule has 102 valence electrons. The van der Waals surface area contributed by atoms with Crippen molar-refractivity contribution in [2.75, 3.05) is 20.1 Å². The van der Waals surface area contributed by atoms with E-state index in [1.165, 1.54) is 12.1 Å². The maximum absolute atomic E-state index is 13.8. The molecule has 0 aliphatic carbocycles. The normalized spacial score (nSPS) is 12.2. The molecule has 0 heterocycles. The Morgan fingerprint density at radius 2 is 1.94 bits per heavy atom. The molecule has 5 heteroatoms. The van der Waals surface area contributed by atoms with Crippen LogP contribution in [0.15, 0.2) is 16.6 Å². The molecule has 1 aromatic rings. The Morgan fingerprint density at radius 1 is 1.33 bits per heavy atom. The zero-order valence-electron chi connectivity index (χ0n) is 10.9. The Labute approximate surface area is 115 Å². The highest BCUT2D eigenvalue weighted by Crippen LogP contribution is 2.23. The van der Waals surface area contributed by atoms with Crippen molar-refractivity contribution in [3.05, 3.63) is 33.8 Å². The molecule has 0 atom stereocenters. The van der Waals surface area contributed by atoms with Crippen molar-refractivity contribution in [2.24, 2.45) is 11.1 Å². The molecule has 0 saturated heterocycles. The smallest absolute Gasteiger partial charge is 0.144 e. The summed E-state index contributed by atoms with van der Waals surface area (Å²) in [7, 11) is 1.83. The lowest BCUT2D eigenvalue weighted by atomic mass is 9.93. The summed E-state index contributed by atoms with van der Waals surface area (Å²) in [6.07, 6.45) is 0. The average molecular weight is 321 g/mol. The van der Waals surface area contributed by atoms with E-state index in [1.54, 1.807) is 0 Å². The van der Waals surface area contributed by atoms with Gasteiger partial charge in [0.2, 0.25) is 0 Å². The second-order valence-corrected chi connectivity index (χ2v) is 6.22. The molecule has 0 aromatic heterocycles. The highest BCUT2D eigenvalue weighted by Gasteiger charge is 2.20. The Morgan fingerprint density at radius 3 is 2.50 bits per heavy atom. The predicted octanol–water partition coefficient (Wildman–Crippen LogP) is 3.14. The van der Waals surface area contributed by atoms with Crippen molar-refractivity contribution >= 4 is 15.9 Å². The van der Waals surface area contributed by atoms with Crippen LogP contribution >= 0.6 is 15.9 Å². The van der Waals surface area contributed by atoms with Gasteiger partial charge in [0.1, 0.15) is 11.6 Å².